The van der Waals surface area contributed by atoms with Crippen LogP contribution in [0.25, 0.3) is 0 Å². The average molecular weight is 428 g/mol. The molecule has 1 aliphatic heterocycles. The number of nitrogens with one attached hydrogen (secondary N) is 1. The Morgan fingerprint density at radius 3 is 2.19 bits per heavy atom. The molecular formula is C28H29NO3. The van der Waals surface area contributed by atoms with Gasteiger partial charge in [-0.05, 0) is 41.5 Å². The summed E-state index contributed by atoms with van der Waals surface area (Å²) in [6.45, 7) is 4.18. The Hall–Kier alpha value is -3.40. The number of benzene rings is 3. The molecule has 0 bridgehead atoms. The molecule has 0 aromatic heterocycles. The van der Waals surface area contributed by atoms with Crippen LogP contribution in [-0.4, -0.2) is 17.8 Å². The van der Waals surface area contributed by atoms with Crippen molar-refractivity contribution in [2.45, 2.75) is 50.7 Å². The fourth-order valence-corrected chi connectivity index (χ4v) is 4.41. The molecular weight excluding hydrogens is 398 g/mol. The SMILES string of the molecule is CC(C)c1ccccc1NC1C(=O)CC(CCc2ccccc2)(c2ccccc2)OC1=O. The summed E-state index contributed by atoms with van der Waals surface area (Å²) in [5.74, 6) is -0.392. The molecule has 4 nitrogen and oxygen atoms in total. The molecule has 0 radical (unpaired) electrons. The second-order valence-electron chi connectivity index (χ2n) is 8.73. The number of hydrogen-bond donors (Lipinski definition) is 1. The number of para-hydroxylation sites is 1. The molecule has 32 heavy (non-hydrogen) atoms. The van der Waals surface area contributed by atoms with Gasteiger partial charge in [0.1, 0.15) is 5.60 Å². The van der Waals surface area contributed by atoms with E-state index in [9.17, 15) is 9.59 Å². The molecule has 0 amide bonds. The average Bonchev–Trinajstić information content (AvgIpc) is 2.81. The topological polar surface area (TPSA) is 55.4 Å². The van der Waals surface area contributed by atoms with Crippen LogP contribution in [0.15, 0.2) is 84.9 Å². The summed E-state index contributed by atoms with van der Waals surface area (Å²) in [6.07, 6.45) is 1.41. The number of esters is 1. The van der Waals surface area contributed by atoms with Crippen molar-refractivity contribution < 1.29 is 14.3 Å². The lowest BCUT2D eigenvalue weighted by Gasteiger charge is -2.39. The van der Waals surface area contributed by atoms with Gasteiger partial charge in [0.2, 0.25) is 0 Å². The Morgan fingerprint density at radius 1 is 0.906 bits per heavy atom. The minimum atomic E-state index is -0.997. The Kier molecular flexibility index (Phi) is 6.40. The number of carbonyl (C=O) groups excluding carboxylic acids is 2. The number of Topliss-reactive ketones (excluding diaryl/α,β-unsaturated/α-hetero) is 1. The summed E-state index contributed by atoms with van der Waals surface area (Å²) < 4.78 is 6.12. The van der Waals surface area contributed by atoms with E-state index in [1.54, 1.807) is 0 Å². The molecule has 1 fully saturated rings. The van der Waals surface area contributed by atoms with Gasteiger partial charge in [-0.15, -0.1) is 0 Å². The molecule has 1 heterocycles. The second kappa shape index (κ2) is 9.39. The van der Waals surface area contributed by atoms with Crippen molar-refractivity contribution in [2.75, 3.05) is 5.32 Å². The molecule has 2 unspecified atom stereocenters. The highest BCUT2D eigenvalue weighted by molar-refractivity contribution is 6.08. The Morgan fingerprint density at radius 2 is 1.53 bits per heavy atom. The minimum Gasteiger partial charge on any atom is -0.452 e. The van der Waals surface area contributed by atoms with Crippen LogP contribution in [0.2, 0.25) is 0 Å². The van der Waals surface area contributed by atoms with Crippen molar-refractivity contribution in [3.05, 3.63) is 102 Å². The maximum absolute atomic E-state index is 13.3. The van der Waals surface area contributed by atoms with E-state index in [1.165, 1.54) is 0 Å². The number of aryl methyl sites for hydroxylation is 1. The van der Waals surface area contributed by atoms with E-state index in [-0.39, 0.29) is 18.1 Å². The molecule has 1 aliphatic rings. The standard InChI is InChI=1S/C28H29NO3/c1-20(2)23-15-9-10-16-24(23)29-26-25(30)19-28(32-27(26)31,22-13-7-4-8-14-22)18-17-21-11-5-3-6-12-21/h3-16,20,26,29H,17-19H2,1-2H3. The predicted octanol–water partition coefficient (Wildman–Crippen LogP) is 5.63. The van der Waals surface area contributed by atoms with Crippen molar-refractivity contribution >= 4 is 17.4 Å². The zero-order valence-electron chi connectivity index (χ0n) is 18.6. The lowest BCUT2D eigenvalue weighted by Crippen LogP contribution is -2.52. The number of hydrogen-bond acceptors (Lipinski definition) is 4. The maximum Gasteiger partial charge on any atom is 0.337 e. The van der Waals surface area contributed by atoms with E-state index in [0.717, 1.165) is 22.4 Å². The van der Waals surface area contributed by atoms with Crippen LogP contribution >= 0.6 is 0 Å². The predicted molar refractivity (Wildman–Crippen MR) is 127 cm³/mol. The van der Waals surface area contributed by atoms with Crippen LogP contribution in [-0.2, 0) is 26.3 Å². The number of anilines is 1. The van der Waals surface area contributed by atoms with E-state index in [2.05, 4.69) is 31.3 Å². The third-order valence-corrected chi connectivity index (χ3v) is 6.16. The minimum absolute atomic E-state index is 0.142. The molecule has 0 saturated carbocycles. The van der Waals surface area contributed by atoms with Crippen molar-refractivity contribution in [3.8, 4) is 0 Å². The van der Waals surface area contributed by atoms with Crippen molar-refractivity contribution in [2.24, 2.45) is 0 Å². The number of ether oxygens (including phenoxy) is 1. The highest BCUT2D eigenvalue weighted by atomic mass is 16.6. The molecule has 1 saturated heterocycles. The summed E-state index contributed by atoms with van der Waals surface area (Å²) in [4.78, 5) is 26.5. The van der Waals surface area contributed by atoms with Crippen LogP contribution in [0.1, 0.15) is 49.3 Å². The normalized spacial score (nSPS) is 20.8. The molecule has 0 aliphatic carbocycles. The first-order chi connectivity index (χ1) is 15.5. The highest BCUT2D eigenvalue weighted by Gasteiger charge is 2.48. The third-order valence-electron chi connectivity index (χ3n) is 6.16. The Bertz CT molecular complexity index is 1060. The van der Waals surface area contributed by atoms with E-state index in [0.29, 0.717) is 12.8 Å². The van der Waals surface area contributed by atoms with Gasteiger partial charge in [-0.25, -0.2) is 4.79 Å². The first-order valence-corrected chi connectivity index (χ1v) is 11.2. The summed E-state index contributed by atoms with van der Waals surface area (Å²) in [7, 11) is 0. The molecule has 3 aromatic rings. The number of carbonyl (C=O) groups is 2. The van der Waals surface area contributed by atoms with E-state index >= 15 is 0 Å². The monoisotopic (exact) mass is 427 g/mol. The van der Waals surface area contributed by atoms with Crippen LogP contribution in [0.4, 0.5) is 5.69 Å². The molecule has 164 valence electrons. The number of rotatable bonds is 7. The summed E-state index contributed by atoms with van der Waals surface area (Å²) in [6, 6.07) is 26.5. The first-order valence-electron chi connectivity index (χ1n) is 11.2. The summed E-state index contributed by atoms with van der Waals surface area (Å²) >= 11 is 0. The molecule has 4 rings (SSSR count). The van der Waals surface area contributed by atoms with Gasteiger partial charge in [0, 0.05) is 5.69 Å². The van der Waals surface area contributed by atoms with Gasteiger partial charge in [-0.1, -0.05) is 92.7 Å². The first kappa shape index (κ1) is 21.8. The van der Waals surface area contributed by atoms with Gasteiger partial charge in [-0.2, -0.15) is 0 Å². The number of cyclic esters (lactones) is 1. The van der Waals surface area contributed by atoms with Gasteiger partial charge in [0.15, 0.2) is 11.8 Å². The largest absolute Gasteiger partial charge is 0.452 e. The molecule has 4 heteroatoms. The van der Waals surface area contributed by atoms with Crippen LogP contribution in [0.3, 0.4) is 0 Å². The zero-order valence-corrected chi connectivity index (χ0v) is 18.6. The second-order valence-corrected chi connectivity index (χ2v) is 8.73. The number of ketones is 1. The lowest BCUT2D eigenvalue weighted by molar-refractivity contribution is -0.174. The van der Waals surface area contributed by atoms with Crippen molar-refractivity contribution in [1.29, 1.82) is 0 Å². The lowest BCUT2D eigenvalue weighted by atomic mass is 9.80. The summed E-state index contributed by atoms with van der Waals surface area (Å²) in [5, 5.41) is 3.17. The van der Waals surface area contributed by atoms with Crippen molar-refractivity contribution in [1.82, 2.24) is 0 Å². The van der Waals surface area contributed by atoms with Gasteiger partial charge >= 0.3 is 5.97 Å². The zero-order chi connectivity index (χ0) is 22.6. The van der Waals surface area contributed by atoms with Crippen LogP contribution in [0, 0.1) is 0 Å². The van der Waals surface area contributed by atoms with Gasteiger partial charge in [0.25, 0.3) is 0 Å². The molecule has 0 spiro atoms. The smallest absolute Gasteiger partial charge is 0.337 e. The van der Waals surface area contributed by atoms with E-state index < -0.39 is 17.6 Å². The van der Waals surface area contributed by atoms with Gasteiger partial charge in [0.05, 0.1) is 6.42 Å². The third kappa shape index (κ3) is 4.59. The quantitative estimate of drug-likeness (QED) is 0.392. The van der Waals surface area contributed by atoms with E-state index in [4.69, 9.17) is 4.74 Å². The Balaban J connectivity index is 1.60. The molecule has 3 aromatic carbocycles. The molecule has 2 atom stereocenters. The van der Waals surface area contributed by atoms with E-state index in [1.807, 2.05) is 72.8 Å². The fraction of sp³-hybridized carbons (Fsp3) is 0.286. The van der Waals surface area contributed by atoms with Crippen LogP contribution in [0.5, 0.6) is 0 Å². The van der Waals surface area contributed by atoms with Gasteiger partial charge < -0.3 is 10.1 Å². The Labute approximate surface area is 189 Å². The summed E-state index contributed by atoms with van der Waals surface area (Å²) in [5.41, 5.74) is 2.92. The van der Waals surface area contributed by atoms with Gasteiger partial charge in [-0.3, -0.25) is 4.79 Å². The maximum atomic E-state index is 13.3. The van der Waals surface area contributed by atoms with Crippen LogP contribution < -0.4 is 5.32 Å². The fourth-order valence-electron chi connectivity index (χ4n) is 4.41. The molecule has 1 N–H and O–H groups in total. The van der Waals surface area contributed by atoms with Crippen molar-refractivity contribution in [3.63, 3.8) is 0 Å². The highest BCUT2D eigenvalue weighted by Crippen LogP contribution is 2.39.